The molecule has 2 heterocycles. The summed E-state index contributed by atoms with van der Waals surface area (Å²) in [7, 11) is 1.82. The summed E-state index contributed by atoms with van der Waals surface area (Å²) in [6.45, 7) is 1.66. The molecule has 2 aliphatic rings. The fourth-order valence-corrected chi connectivity index (χ4v) is 6.45. The van der Waals surface area contributed by atoms with Crippen molar-refractivity contribution in [2.75, 3.05) is 24.9 Å². The zero-order chi connectivity index (χ0) is 12.0. The van der Waals surface area contributed by atoms with Gasteiger partial charge in [0.2, 0.25) is 0 Å². The normalized spacial score (nSPS) is 27.7. The maximum absolute atomic E-state index is 12.3. The number of anilines is 1. The number of hydrogen-bond donors (Lipinski definition) is 0. The van der Waals surface area contributed by atoms with Crippen LogP contribution in [-0.4, -0.2) is 45.9 Å². The van der Waals surface area contributed by atoms with Gasteiger partial charge >= 0.3 is 108 Å². The standard InChI is InChI=1S/C11H13N2O2PSe/c1-12-11(14)9-5-2-3-6-10(9)13-7-4-8-15-16(12,13)17/h2-3,5-6H,4,7-8H2,1H3. The minimum absolute atomic E-state index is 0.0471. The summed E-state index contributed by atoms with van der Waals surface area (Å²) < 4.78 is 9.87. The summed E-state index contributed by atoms with van der Waals surface area (Å²) in [5, 5.41) is 0. The van der Waals surface area contributed by atoms with Crippen LogP contribution in [0.15, 0.2) is 24.3 Å². The Hall–Kier alpha value is -0.601. The number of carbonyl (C=O) groups excluding carboxylic acids is 1. The van der Waals surface area contributed by atoms with Crippen LogP contribution in [0, 0.1) is 0 Å². The Kier molecular flexibility index (Phi) is 2.68. The van der Waals surface area contributed by atoms with Gasteiger partial charge in [-0.25, -0.2) is 0 Å². The van der Waals surface area contributed by atoms with E-state index in [1.807, 2.05) is 31.3 Å². The van der Waals surface area contributed by atoms with E-state index < -0.39 is 6.04 Å². The molecule has 1 amide bonds. The van der Waals surface area contributed by atoms with Crippen molar-refractivity contribution in [2.45, 2.75) is 6.42 Å². The van der Waals surface area contributed by atoms with Crippen molar-refractivity contribution in [3.8, 4) is 0 Å². The van der Waals surface area contributed by atoms with Crippen molar-refractivity contribution < 1.29 is 9.32 Å². The van der Waals surface area contributed by atoms with E-state index in [-0.39, 0.29) is 5.91 Å². The van der Waals surface area contributed by atoms with Crippen LogP contribution < -0.4 is 4.67 Å². The average Bonchev–Trinajstić information content (AvgIpc) is 2.36. The molecule has 0 aliphatic carbocycles. The molecule has 1 aromatic carbocycles. The van der Waals surface area contributed by atoms with Crippen molar-refractivity contribution in [3.63, 3.8) is 0 Å². The summed E-state index contributed by atoms with van der Waals surface area (Å²) in [5.41, 5.74) is 1.77. The fraction of sp³-hybridized carbons (Fsp3) is 0.364. The molecule has 1 unspecified atom stereocenters. The molecule has 1 aromatic rings. The Balaban J connectivity index is 2.21. The molecule has 0 saturated carbocycles. The summed E-state index contributed by atoms with van der Waals surface area (Å²) in [6, 6.07) is 5.70. The van der Waals surface area contributed by atoms with Crippen molar-refractivity contribution >= 4 is 32.7 Å². The summed E-state index contributed by atoms with van der Waals surface area (Å²) in [6.07, 6.45) is 1.000. The Morgan fingerprint density at radius 1 is 1.41 bits per heavy atom. The fourth-order valence-electron chi connectivity index (χ4n) is 2.27. The zero-order valence-corrected chi connectivity index (χ0v) is 12.1. The van der Waals surface area contributed by atoms with Crippen LogP contribution in [0.4, 0.5) is 5.69 Å². The summed E-state index contributed by atoms with van der Waals surface area (Å²) in [5.74, 6) is 0.0471. The van der Waals surface area contributed by atoms with Crippen molar-refractivity contribution in [1.82, 2.24) is 4.67 Å². The molecule has 1 atom stereocenters. The quantitative estimate of drug-likeness (QED) is 0.541. The molecule has 3 rings (SSSR count). The van der Waals surface area contributed by atoms with Crippen LogP contribution >= 0.6 is 6.04 Å². The van der Waals surface area contributed by atoms with E-state index in [2.05, 4.69) is 19.8 Å². The second-order valence-electron chi connectivity index (χ2n) is 4.15. The number of fused-ring (bicyclic) bond motifs is 3. The van der Waals surface area contributed by atoms with Crippen LogP contribution in [0.5, 0.6) is 0 Å². The van der Waals surface area contributed by atoms with Crippen LogP contribution in [0.25, 0.3) is 0 Å². The van der Waals surface area contributed by atoms with Gasteiger partial charge in [0.05, 0.1) is 0 Å². The number of para-hydroxylation sites is 1. The van der Waals surface area contributed by atoms with E-state index >= 15 is 0 Å². The number of nitrogens with zero attached hydrogens (tertiary/aromatic N) is 2. The number of rotatable bonds is 0. The number of carbonyl (C=O) groups is 1. The second kappa shape index (κ2) is 3.96. The molecule has 1 fully saturated rings. The number of hydrogen-bond acceptors (Lipinski definition) is 3. The van der Waals surface area contributed by atoms with E-state index in [1.54, 1.807) is 4.67 Å². The molecule has 0 aromatic heterocycles. The van der Waals surface area contributed by atoms with Crippen LogP contribution in [-0.2, 0) is 4.52 Å². The molecule has 0 N–H and O–H groups in total. The topological polar surface area (TPSA) is 32.8 Å². The van der Waals surface area contributed by atoms with Gasteiger partial charge in [-0.05, 0) is 0 Å². The molecule has 0 spiro atoms. The van der Waals surface area contributed by atoms with E-state index in [9.17, 15) is 4.79 Å². The van der Waals surface area contributed by atoms with E-state index in [4.69, 9.17) is 4.52 Å². The van der Waals surface area contributed by atoms with Gasteiger partial charge in [-0.3, -0.25) is 0 Å². The van der Waals surface area contributed by atoms with E-state index in [0.717, 1.165) is 30.8 Å². The molecule has 17 heavy (non-hydrogen) atoms. The van der Waals surface area contributed by atoms with Crippen LogP contribution in [0.2, 0.25) is 0 Å². The predicted molar refractivity (Wildman–Crippen MR) is 69.1 cm³/mol. The Labute approximate surface area is 108 Å². The average molecular weight is 315 g/mol. The zero-order valence-electron chi connectivity index (χ0n) is 9.50. The molecular formula is C11H13N2O2PSe. The Morgan fingerprint density at radius 2 is 2.18 bits per heavy atom. The monoisotopic (exact) mass is 316 g/mol. The molecule has 0 bridgehead atoms. The molecule has 90 valence electrons. The van der Waals surface area contributed by atoms with Crippen molar-refractivity contribution in [3.05, 3.63) is 29.8 Å². The van der Waals surface area contributed by atoms with Crippen molar-refractivity contribution in [1.29, 1.82) is 0 Å². The van der Waals surface area contributed by atoms with Crippen LogP contribution in [0.3, 0.4) is 0 Å². The van der Waals surface area contributed by atoms with Gasteiger partial charge in [-0.2, -0.15) is 0 Å². The number of benzene rings is 1. The van der Waals surface area contributed by atoms with Crippen molar-refractivity contribution in [2.24, 2.45) is 0 Å². The van der Waals surface area contributed by atoms with Gasteiger partial charge in [-0.1, -0.05) is 0 Å². The molecular weight excluding hydrogens is 302 g/mol. The first-order chi connectivity index (χ1) is 8.14. The van der Waals surface area contributed by atoms with Crippen LogP contribution in [0.1, 0.15) is 16.8 Å². The van der Waals surface area contributed by atoms with Gasteiger partial charge < -0.3 is 0 Å². The second-order valence-corrected chi connectivity index (χ2v) is 9.46. The van der Waals surface area contributed by atoms with E-state index in [0.29, 0.717) is 0 Å². The Morgan fingerprint density at radius 3 is 3.00 bits per heavy atom. The Bertz CT molecular complexity index is 534. The first-order valence-electron chi connectivity index (χ1n) is 5.55. The first kappa shape index (κ1) is 11.5. The van der Waals surface area contributed by atoms with Gasteiger partial charge in [-0.15, -0.1) is 0 Å². The molecule has 4 nitrogen and oxygen atoms in total. The minimum atomic E-state index is -2.06. The third-order valence-electron chi connectivity index (χ3n) is 3.16. The van der Waals surface area contributed by atoms with Gasteiger partial charge in [0.1, 0.15) is 0 Å². The third-order valence-corrected chi connectivity index (χ3v) is 9.09. The summed E-state index contributed by atoms with van der Waals surface area (Å²) >= 11 is 3.14. The summed E-state index contributed by atoms with van der Waals surface area (Å²) in [4.78, 5) is 12.3. The first-order valence-corrected chi connectivity index (χ1v) is 9.37. The molecule has 0 radical (unpaired) electrons. The maximum atomic E-state index is 12.3. The molecule has 1 saturated heterocycles. The van der Waals surface area contributed by atoms with Gasteiger partial charge in [0.25, 0.3) is 0 Å². The van der Waals surface area contributed by atoms with Gasteiger partial charge in [0, 0.05) is 0 Å². The molecule has 2 aliphatic heterocycles. The SMILES string of the molecule is CN1C(=O)c2ccccc2N2CCCOP12=[Se]. The molecule has 6 heteroatoms. The van der Waals surface area contributed by atoms with E-state index in [1.165, 1.54) is 0 Å². The predicted octanol–water partition coefficient (Wildman–Crippen LogP) is 1.84. The number of amides is 1. The third kappa shape index (κ3) is 1.54. The van der Waals surface area contributed by atoms with Gasteiger partial charge in [0.15, 0.2) is 0 Å².